The average molecular weight is 565 g/mol. The number of nitrogens with one attached hydrogen (secondary N) is 2. The van der Waals surface area contributed by atoms with Crippen LogP contribution in [0.5, 0.6) is 0 Å². The highest BCUT2D eigenvalue weighted by atomic mass is 35.5. The number of carbonyl (C=O) groups is 2. The maximum Gasteiger partial charge on any atom is 0.416 e. The van der Waals surface area contributed by atoms with Crippen molar-refractivity contribution in [2.24, 2.45) is 7.05 Å². The van der Waals surface area contributed by atoms with Gasteiger partial charge in [0.1, 0.15) is 17.2 Å². The molecule has 0 aliphatic carbocycles. The maximum atomic E-state index is 14.2. The molecular weight excluding hydrogens is 547 g/mol. The number of nitrogens with zero attached hydrogens (tertiary/aromatic N) is 2. The molecule has 3 N–H and O–H groups in total. The molecule has 13 heteroatoms. The first-order valence-corrected chi connectivity index (χ1v) is 11.8. The number of rotatable bonds is 5. The highest BCUT2D eigenvalue weighted by Gasteiger charge is 2.38. The zero-order chi connectivity index (χ0) is 28.2. The predicted molar refractivity (Wildman–Crippen MR) is 132 cm³/mol. The van der Waals surface area contributed by atoms with Crippen molar-refractivity contribution in [1.29, 1.82) is 0 Å². The zero-order valence-corrected chi connectivity index (χ0v) is 20.7. The molecule has 2 amide bonds. The summed E-state index contributed by atoms with van der Waals surface area (Å²) in [6, 6.07) is 5.33. The molecule has 4 aromatic rings. The normalized spacial score (nSPS) is 15.0. The Hall–Kier alpha value is -4.03. The number of hydrogen-bond donors (Lipinski definition) is 3. The first kappa shape index (κ1) is 26.6. The molecule has 202 valence electrons. The van der Waals surface area contributed by atoms with Crippen molar-refractivity contribution >= 4 is 40.0 Å². The molecule has 0 bridgehead atoms. The number of hydrogen-bond acceptors (Lipinski definition) is 4. The maximum absolute atomic E-state index is 14.2. The van der Waals surface area contributed by atoms with Crippen molar-refractivity contribution in [2.75, 3.05) is 11.9 Å². The Labute approximate surface area is 222 Å². The Balaban J connectivity index is 1.72. The molecule has 0 spiro atoms. The summed E-state index contributed by atoms with van der Waals surface area (Å²) < 4.78 is 69.4. The fourth-order valence-corrected chi connectivity index (χ4v) is 4.98. The van der Waals surface area contributed by atoms with Gasteiger partial charge in [-0.25, -0.2) is 8.78 Å². The number of anilines is 1. The lowest BCUT2D eigenvalue weighted by Gasteiger charge is -2.18. The monoisotopic (exact) mass is 564 g/mol. The first-order chi connectivity index (χ1) is 18.4. The van der Waals surface area contributed by atoms with Crippen molar-refractivity contribution in [3.05, 3.63) is 92.6 Å². The van der Waals surface area contributed by atoms with Gasteiger partial charge in [-0.3, -0.25) is 14.3 Å². The van der Waals surface area contributed by atoms with Gasteiger partial charge in [0.2, 0.25) is 0 Å². The lowest BCUT2D eigenvalue weighted by Crippen LogP contribution is -2.21. The highest BCUT2D eigenvalue weighted by Crippen LogP contribution is 2.43. The second-order valence-corrected chi connectivity index (χ2v) is 9.31. The molecule has 1 aliphatic rings. The summed E-state index contributed by atoms with van der Waals surface area (Å²) in [7, 11) is 1.59. The molecule has 1 unspecified atom stereocenters. The van der Waals surface area contributed by atoms with E-state index in [9.17, 15) is 36.6 Å². The molecule has 7 nitrogen and oxygen atoms in total. The Morgan fingerprint density at radius 3 is 2.59 bits per heavy atom. The molecule has 0 saturated heterocycles. The summed E-state index contributed by atoms with van der Waals surface area (Å²) in [6.45, 7) is -0.259. The second kappa shape index (κ2) is 9.62. The van der Waals surface area contributed by atoms with Gasteiger partial charge in [0, 0.05) is 58.6 Å². The summed E-state index contributed by atoms with van der Waals surface area (Å²) in [5.41, 5.74) is -0.908. The van der Waals surface area contributed by atoms with Crippen LogP contribution in [0.2, 0.25) is 5.02 Å². The number of fused-ring (bicyclic) bond motifs is 3. The van der Waals surface area contributed by atoms with E-state index in [4.69, 9.17) is 11.6 Å². The van der Waals surface area contributed by atoms with Crippen LogP contribution < -0.4 is 10.6 Å². The van der Waals surface area contributed by atoms with Gasteiger partial charge in [-0.1, -0.05) is 11.6 Å². The van der Waals surface area contributed by atoms with Gasteiger partial charge in [-0.15, -0.1) is 0 Å². The topological polar surface area (TPSA) is 96.2 Å². The quantitative estimate of drug-likeness (QED) is 0.292. The Bertz CT molecular complexity index is 1670. The van der Waals surface area contributed by atoms with Crippen LogP contribution in [0.4, 0.5) is 27.6 Å². The summed E-state index contributed by atoms with van der Waals surface area (Å²) >= 11 is 6.31. The van der Waals surface area contributed by atoms with Crippen LogP contribution in [0.1, 0.15) is 49.1 Å². The number of aliphatic hydroxyl groups is 1. The summed E-state index contributed by atoms with van der Waals surface area (Å²) in [5.74, 6) is -3.62. The smallest absolute Gasteiger partial charge is 0.396 e. The minimum absolute atomic E-state index is 0.0174. The molecule has 1 aromatic heterocycles. The van der Waals surface area contributed by atoms with Gasteiger partial charge in [0.25, 0.3) is 11.8 Å². The van der Waals surface area contributed by atoms with Crippen molar-refractivity contribution < 1.29 is 36.6 Å². The number of aliphatic hydroxyl groups excluding tert-OH is 1. The van der Waals surface area contributed by atoms with Gasteiger partial charge in [0.05, 0.1) is 17.2 Å². The average Bonchev–Trinajstić information content (AvgIpc) is 3.36. The van der Waals surface area contributed by atoms with Crippen LogP contribution in [0.15, 0.2) is 42.5 Å². The number of halogens is 6. The van der Waals surface area contributed by atoms with Crippen molar-refractivity contribution in [3.63, 3.8) is 0 Å². The zero-order valence-electron chi connectivity index (χ0n) is 20.0. The van der Waals surface area contributed by atoms with E-state index in [1.54, 1.807) is 7.05 Å². The number of carbonyl (C=O) groups excluding carboxylic acids is 2. The second-order valence-electron chi connectivity index (χ2n) is 8.91. The van der Waals surface area contributed by atoms with Gasteiger partial charge < -0.3 is 15.7 Å². The van der Waals surface area contributed by atoms with Gasteiger partial charge in [0.15, 0.2) is 0 Å². The highest BCUT2D eigenvalue weighted by molar-refractivity contribution is 6.31. The summed E-state index contributed by atoms with van der Waals surface area (Å²) in [4.78, 5) is 26.4. The standard InChI is InChI=1S/C26H18ClF5N4O3/c1-36-19(4-5-37)16-10-18(33-24(38)11-6-12(26(30,31)32)8-14(29)7-11)20-21(23(16)35-36)25(39)34-22(20)15-9-13(28)2-3-17(15)27/h2-3,6-10,22,37H,4-5H2,1H3,(H,33,38)(H,34,39). The van der Waals surface area contributed by atoms with Crippen LogP contribution in [-0.4, -0.2) is 33.3 Å². The SMILES string of the molecule is Cn1nc2c3c(c(NC(=O)c4cc(F)cc(C(F)(F)F)c4)cc2c1CCO)C(c1cc(F)ccc1Cl)NC3=O. The van der Waals surface area contributed by atoms with Crippen LogP contribution in [0.25, 0.3) is 10.9 Å². The molecule has 1 aliphatic heterocycles. The number of amides is 2. The van der Waals surface area contributed by atoms with E-state index >= 15 is 0 Å². The number of benzene rings is 3. The van der Waals surface area contributed by atoms with Gasteiger partial charge >= 0.3 is 6.18 Å². The van der Waals surface area contributed by atoms with E-state index in [1.165, 1.54) is 16.8 Å². The molecule has 39 heavy (non-hydrogen) atoms. The van der Waals surface area contributed by atoms with E-state index in [-0.39, 0.29) is 52.0 Å². The minimum Gasteiger partial charge on any atom is -0.396 e. The van der Waals surface area contributed by atoms with E-state index in [1.807, 2.05) is 0 Å². The fraction of sp³-hybridized carbons (Fsp3) is 0.192. The first-order valence-electron chi connectivity index (χ1n) is 11.5. The lowest BCUT2D eigenvalue weighted by molar-refractivity contribution is -0.137. The number of aromatic nitrogens is 2. The van der Waals surface area contributed by atoms with Crippen LogP contribution in [0.3, 0.4) is 0 Å². The third-order valence-electron chi connectivity index (χ3n) is 6.44. The molecule has 0 fully saturated rings. The summed E-state index contributed by atoms with van der Waals surface area (Å²) in [5, 5.41) is 19.6. The Morgan fingerprint density at radius 1 is 1.15 bits per heavy atom. The van der Waals surface area contributed by atoms with E-state index in [2.05, 4.69) is 15.7 Å². The van der Waals surface area contributed by atoms with Crippen LogP contribution >= 0.6 is 11.6 Å². The molecular formula is C26H18ClF5N4O3. The molecule has 5 rings (SSSR count). The minimum atomic E-state index is -4.90. The van der Waals surface area contributed by atoms with E-state index in [0.717, 1.165) is 12.1 Å². The fourth-order valence-electron chi connectivity index (χ4n) is 4.75. The van der Waals surface area contributed by atoms with Gasteiger partial charge in [-0.2, -0.15) is 18.3 Å². The summed E-state index contributed by atoms with van der Waals surface area (Å²) in [6.07, 6.45) is -4.76. The predicted octanol–water partition coefficient (Wildman–Crippen LogP) is 5.14. The molecule has 3 aromatic carbocycles. The largest absolute Gasteiger partial charge is 0.416 e. The Kier molecular flexibility index (Phi) is 6.55. The van der Waals surface area contributed by atoms with Crippen LogP contribution in [0, 0.1) is 11.6 Å². The van der Waals surface area contributed by atoms with E-state index in [0.29, 0.717) is 23.2 Å². The molecule has 0 radical (unpaired) electrons. The van der Waals surface area contributed by atoms with Crippen molar-refractivity contribution in [1.82, 2.24) is 15.1 Å². The number of alkyl halides is 3. The lowest BCUT2D eigenvalue weighted by atomic mass is 9.93. The van der Waals surface area contributed by atoms with Gasteiger partial charge in [-0.05, 0) is 42.5 Å². The van der Waals surface area contributed by atoms with E-state index < -0.39 is 46.8 Å². The molecule has 0 saturated carbocycles. The number of aryl methyl sites for hydroxylation is 1. The Morgan fingerprint density at radius 2 is 1.90 bits per heavy atom. The molecule has 2 heterocycles. The molecule has 1 atom stereocenters. The van der Waals surface area contributed by atoms with Crippen molar-refractivity contribution in [2.45, 2.75) is 18.6 Å². The third-order valence-corrected chi connectivity index (χ3v) is 6.78. The van der Waals surface area contributed by atoms with Crippen molar-refractivity contribution in [3.8, 4) is 0 Å². The van der Waals surface area contributed by atoms with Crippen LogP contribution in [-0.2, 0) is 19.6 Å². The third kappa shape index (κ3) is 4.70.